The summed E-state index contributed by atoms with van der Waals surface area (Å²) in [6.45, 7) is 4.28. The van der Waals surface area contributed by atoms with Crippen LogP contribution < -0.4 is 15.8 Å². The first-order chi connectivity index (χ1) is 10.1. The van der Waals surface area contributed by atoms with E-state index in [2.05, 4.69) is 19.2 Å². The standard InChI is InChI=1S/C17H26N2O2/c1-3-4-5-6-7-12(2)21-16-11-15-13(10-14(16)18)8-9-17(20)19-15/h10-12H,3-9,18H2,1-2H3,(H,19,20). The van der Waals surface area contributed by atoms with Crippen LogP contribution in [0.15, 0.2) is 12.1 Å². The van der Waals surface area contributed by atoms with Crippen LogP contribution >= 0.6 is 0 Å². The van der Waals surface area contributed by atoms with Gasteiger partial charge in [-0.1, -0.05) is 26.2 Å². The second kappa shape index (κ2) is 7.34. The molecule has 1 heterocycles. The number of hydrogen-bond acceptors (Lipinski definition) is 3. The molecule has 1 atom stereocenters. The number of hydrogen-bond donors (Lipinski definition) is 2. The summed E-state index contributed by atoms with van der Waals surface area (Å²) in [7, 11) is 0. The summed E-state index contributed by atoms with van der Waals surface area (Å²) >= 11 is 0. The molecule has 4 nitrogen and oxygen atoms in total. The van der Waals surface area contributed by atoms with Crippen LogP contribution in [0.1, 0.15) is 57.9 Å². The summed E-state index contributed by atoms with van der Waals surface area (Å²) in [6, 6.07) is 3.79. The van der Waals surface area contributed by atoms with Crippen molar-refractivity contribution < 1.29 is 9.53 Å². The van der Waals surface area contributed by atoms with Crippen molar-refractivity contribution in [3.63, 3.8) is 0 Å². The molecule has 3 N–H and O–H groups in total. The van der Waals surface area contributed by atoms with Gasteiger partial charge in [0, 0.05) is 18.2 Å². The van der Waals surface area contributed by atoms with Gasteiger partial charge in [-0.05, 0) is 37.8 Å². The van der Waals surface area contributed by atoms with Gasteiger partial charge >= 0.3 is 0 Å². The monoisotopic (exact) mass is 290 g/mol. The number of nitrogens with one attached hydrogen (secondary N) is 1. The Morgan fingerprint density at radius 2 is 2.10 bits per heavy atom. The second-order valence-corrected chi connectivity index (χ2v) is 5.87. The highest BCUT2D eigenvalue weighted by atomic mass is 16.5. The summed E-state index contributed by atoms with van der Waals surface area (Å²) < 4.78 is 5.95. The van der Waals surface area contributed by atoms with Crippen molar-refractivity contribution in [3.05, 3.63) is 17.7 Å². The molecule has 0 fully saturated rings. The molecular weight excluding hydrogens is 264 g/mol. The highest BCUT2D eigenvalue weighted by molar-refractivity contribution is 5.94. The number of ether oxygens (including phenoxy) is 1. The number of carbonyl (C=O) groups excluding carboxylic acids is 1. The van der Waals surface area contributed by atoms with Crippen molar-refractivity contribution in [1.82, 2.24) is 0 Å². The van der Waals surface area contributed by atoms with E-state index in [1.54, 1.807) is 0 Å². The number of nitrogen functional groups attached to an aromatic ring is 1. The predicted octanol–water partition coefficient (Wildman–Crippen LogP) is 3.89. The molecule has 1 amide bonds. The summed E-state index contributed by atoms with van der Waals surface area (Å²) in [4.78, 5) is 11.5. The van der Waals surface area contributed by atoms with Crippen molar-refractivity contribution in [3.8, 4) is 5.75 Å². The van der Waals surface area contributed by atoms with Crippen molar-refractivity contribution in [2.45, 2.75) is 64.9 Å². The maximum atomic E-state index is 11.5. The third kappa shape index (κ3) is 4.38. The largest absolute Gasteiger partial charge is 0.488 e. The summed E-state index contributed by atoms with van der Waals surface area (Å²) in [5, 5.41) is 2.89. The lowest BCUT2D eigenvalue weighted by Gasteiger charge is -2.21. The molecular formula is C17H26N2O2. The Bertz CT molecular complexity index is 500. The third-order valence-electron chi connectivity index (χ3n) is 3.92. The molecule has 1 unspecified atom stereocenters. The van der Waals surface area contributed by atoms with E-state index in [1.807, 2.05) is 12.1 Å². The zero-order valence-corrected chi connectivity index (χ0v) is 13.1. The number of rotatable bonds is 7. The maximum Gasteiger partial charge on any atom is 0.224 e. The van der Waals surface area contributed by atoms with Crippen LogP contribution in [0.3, 0.4) is 0 Å². The molecule has 4 heteroatoms. The van der Waals surface area contributed by atoms with E-state index >= 15 is 0 Å². The zero-order valence-electron chi connectivity index (χ0n) is 13.1. The fraction of sp³-hybridized carbons (Fsp3) is 0.588. The lowest BCUT2D eigenvalue weighted by molar-refractivity contribution is -0.116. The van der Waals surface area contributed by atoms with Crippen molar-refractivity contribution >= 4 is 17.3 Å². The van der Waals surface area contributed by atoms with Crippen molar-refractivity contribution in [2.24, 2.45) is 0 Å². The molecule has 1 aliphatic rings. The Balaban J connectivity index is 1.96. The van der Waals surface area contributed by atoms with E-state index < -0.39 is 0 Å². The molecule has 21 heavy (non-hydrogen) atoms. The number of nitrogens with two attached hydrogens (primary N) is 1. The number of benzene rings is 1. The van der Waals surface area contributed by atoms with Gasteiger partial charge in [0.1, 0.15) is 5.75 Å². The van der Waals surface area contributed by atoms with Crippen LogP contribution in [0.25, 0.3) is 0 Å². The third-order valence-corrected chi connectivity index (χ3v) is 3.92. The number of unbranched alkanes of at least 4 members (excludes halogenated alkanes) is 3. The Kier molecular flexibility index (Phi) is 5.48. The molecule has 0 saturated carbocycles. The van der Waals surface area contributed by atoms with Crippen LogP contribution in [-0.4, -0.2) is 12.0 Å². The fourth-order valence-corrected chi connectivity index (χ4v) is 2.66. The Labute approximate surface area is 127 Å². The molecule has 116 valence electrons. The highest BCUT2D eigenvalue weighted by Gasteiger charge is 2.18. The number of anilines is 2. The summed E-state index contributed by atoms with van der Waals surface area (Å²) in [5.74, 6) is 0.741. The number of fused-ring (bicyclic) bond motifs is 1. The normalized spacial score (nSPS) is 15.2. The molecule has 0 radical (unpaired) electrons. The van der Waals surface area contributed by atoms with E-state index in [0.29, 0.717) is 17.9 Å². The first-order valence-corrected chi connectivity index (χ1v) is 7.99. The molecule has 0 bridgehead atoms. The first-order valence-electron chi connectivity index (χ1n) is 7.99. The molecule has 2 rings (SSSR count). The number of amides is 1. The topological polar surface area (TPSA) is 64.3 Å². The molecule has 0 saturated heterocycles. The minimum absolute atomic E-state index is 0.0610. The fourth-order valence-electron chi connectivity index (χ4n) is 2.66. The minimum atomic E-state index is 0.0610. The van der Waals surface area contributed by atoms with Crippen LogP contribution in [-0.2, 0) is 11.2 Å². The second-order valence-electron chi connectivity index (χ2n) is 5.87. The molecule has 0 aliphatic carbocycles. The molecule has 0 aromatic heterocycles. The van der Waals surface area contributed by atoms with E-state index in [-0.39, 0.29) is 12.0 Å². The highest BCUT2D eigenvalue weighted by Crippen LogP contribution is 2.33. The summed E-state index contributed by atoms with van der Waals surface area (Å²) in [6.07, 6.45) is 7.39. The van der Waals surface area contributed by atoms with Gasteiger partial charge in [-0.3, -0.25) is 4.79 Å². The zero-order chi connectivity index (χ0) is 15.2. The van der Waals surface area contributed by atoms with E-state index in [1.165, 1.54) is 25.7 Å². The van der Waals surface area contributed by atoms with Crippen LogP contribution in [0.2, 0.25) is 0 Å². The van der Waals surface area contributed by atoms with Crippen LogP contribution in [0, 0.1) is 0 Å². The van der Waals surface area contributed by atoms with Gasteiger partial charge < -0.3 is 15.8 Å². The quantitative estimate of drug-likeness (QED) is 0.591. The predicted molar refractivity (Wildman–Crippen MR) is 86.7 cm³/mol. The Morgan fingerprint density at radius 3 is 2.86 bits per heavy atom. The van der Waals surface area contributed by atoms with Gasteiger partial charge in [0.15, 0.2) is 0 Å². The molecule has 0 spiro atoms. The SMILES string of the molecule is CCCCCCC(C)Oc1cc2c(cc1N)CCC(=O)N2. The van der Waals surface area contributed by atoms with Gasteiger partial charge in [-0.2, -0.15) is 0 Å². The lowest BCUT2D eigenvalue weighted by atomic mass is 10.0. The van der Waals surface area contributed by atoms with Gasteiger partial charge in [0.2, 0.25) is 5.91 Å². The number of carbonyl (C=O) groups is 1. The van der Waals surface area contributed by atoms with Gasteiger partial charge in [-0.15, -0.1) is 0 Å². The molecule has 1 aromatic rings. The molecule has 1 aliphatic heterocycles. The van der Waals surface area contributed by atoms with E-state index in [4.69, 9.17) is 10.5 Å². The van der Waals surface area contributed by atoms with Gasteiger partial charge in [0.05, 0.1) is 11.8 Å². The Morgan fingerprint density at radius 1 is 1.29 bits per heavy atom. The first kappa shape index (κ1) is 15.7. The minimum Gasteiger partial charge on any atom is -0.488 e. The lowest BCUT2D eigenvalue weighted by Crippen LogP contribution is -2.20. The van der Waals surface area contributed by atoms with Crippen LogP contribution in [0.5, 0.6) is 5.75 Å². The van der Waals surface area contributed by atoms with Crippen LogP contribution in [0.4, 0.5) is 11.4 Å². The average molecular weight is 290 g/mol. The van der Waals surface area contributed by atoms with E-state index in [9.17, 15) is 4.79 Å². The van der Waals surface area contributed by atoms with Gasteiger partial charge in [-0.25, -0.2) is 0 Å². The average Bonchev–Trinajstić information content (AvgIpc) is 2.45. The van der Waals surface area contributed by atoms with Gasteiger partial charge in [0.25, 0.3) is 0 Å². The Hall–Kier alpha value is -1.71. The van der Waals surface area contributed by atoms with Crippen molar-refractivity contribution in [1.29, 1.82) is 0 Å². The smallest absolute Gasteiger partial charge is 0.224 e. The van der Waals surface area contributed by atoms with Crippen molar-refractivity contribution in [2.75, 3.05) is 11.1 Å². The molecule has 1 aromatic carbocycles. The summed E-state index contributed by atoms with van der Waals surface area (Å²) in [5.41, 5.74) is 8.66. The number of aryl methyl sites for hydroxylation is 1. The maximum absolute atomic E-state index is 11.5. The van der Waals surface area contributed by atoms with E-state index in [0.717, 1.165) is 24.1 Å².